The lowest BCUT2D eigenvalue weighted by molar-refractivity contribution is -0.170. The van der Waals surface area contributed by atoms with E-state index >= 15 is 0 Å². The predicted molar refractivity (Wildman–Crippen MR) is 61.2 cm³/mol. The molecule has 4 nitrogen and oxygen atoms in total. The Morgan fingerprint density at radius 1 is 1.69 bits per heavy atom. The summed E-state index contributed by atoms with van der Waals surface area (Å²) in [4.78, 5) is 13.0. The highest BCUT2D eigenvalue weighted by molar-refractivity contribution is 7.10. The molecule has 0 saturated carbocycles. The number of aryl methyl sites for hydroxylation is 1. The van der Waals surface area contributed by atoms with Crippen LogP contribution in [0.5, 0.6) is 0 Å². The Balaban J connectivity index is 1.91. The summed E-state index contributed by atoms with van der Waals surface area (Å²) in [5.74, 6) is -0.117. The zero-order valence-electron chi connectivity index (χ0n) is 9.16. The van der Waals surface area contributed by atoms with Crippen LogP contribution in [0.15, 0.2) is 11.4 Å². The van der Waals surface area contributed by atoms with E-state index in [1.54, 1.807) is 11.3 Å². The minimum Gasteiger partial charge on any atom is -0.395 e. The average Bonchev–Trinajstić information content (AvgIpc) is 2.60. The van der Waals surface area contributed by atoms with Gasteiger partial charge in [-0.2, -0.15) is 0 Å². The molecule has 1 aliphatic rings. The fourth-order valence-electron chi connectivity index (χ4n) is 1.58. The van der Waals surface area contributed by atoms with Gasteiger partial charge in [-0.1, -0.05) is 0 Å². The quantitative estimate of drug-likeness (QED) is 0.815. The minimum atomic E-state index is -0.703. The van der Waals surface area contributed by atoms with Gasteiger partial charge in [0.25, 0.3) is 0 Å². The molecule has 0 unspecified atom stereocenters. The number of aliphatic hydroxyl groups is 1. The van der Waals surface area contributed by atoms with Crippen LogP contribution in [0.2, 0.25) is 0 Å². The molecule has 1 amide bonds. The van der Waals surface area contributed by atoms with Gasteiger partial charge in [-0.25, -0.2) is 0 Å². The molecule has 5 heteroatoms. The van der Waals surface area contributed by atoms with Crippen molar-refractivity contribution in [2.75, 3.05) is 19.8 Å². The number of carbonyl (C=O) groups excluding carboxylic acids is 1. The van der Waals surface area contributed by atoms with Crippen molar-refractivity contribution < 1.29 is 14.6 Å². The molecule has 1 fully saturated rings. The lowest BCUT2D eigenvalue weighted by Crippen LogP contribution is -2.56. The first kappa shape index (κ1) is 11.6. The largest absolute Gasteiger partial charge is 0.395 e. The summed E-state index contributed by atoms with van der Waals surface area (Å²) in [5, 5.41) is 14.0. The van der Waals surface area contributed by atoms with Crippen molar-refractivity contribution in [3.8, 4) is 0 Å². The second-order valence-electron chi connectivity index (χ2n) is 4.14. The van der Waals surface area contributed by atoms with Crippen LogP contribution in [-0.2, 0) is 16.1 Å². The number of rotatable bonds is 4. The topological polar surface area (TPSA) is 58.6 Å². The highest BCUT2D eigenvalue weighted by Gasteiger charge is 2.45. The van der Waals surface area contributed by atoms with Gasteiger partial charge in [0.2, 0.25) is 5.91 Å². The first-order valence-electron chi connectivity index (χ1n) is 5.18. The van der Waals surface area contributed by atoms with Crippen LogP contribution >= 0.6 is 11.3 Å². The van der Waals surface area contributed by atoms with Crippen LogP contribution in [0.3, 0.4) is 0 Å². The minimum absolute atomic E-state index is 0.117. The summed E-state index contributed by atoms with van der Waals surface area (Å²) >= 11 is 1.63. The molecule has 1 saturated heterocycles. The van der Waals surface area contributed by atoms with Crippen molar-refractivity contribution >= 4 is 17.2 Å². The Morgan fingerprint density at radius 2 is 2.44 bits per heavy atom. The number of carbonyl (C=O) groups is 1. The fourth-order valence-corrected chi connectivity index (χ4v) is 2.42. The molecule has 0 bridgehead atoms. The maximum absolute atomic E-state index is 11.8. The van der Waals surface area contributed by atoms with Crippen LogP contribution in [0.4, 0.5) is 0 Å². The summed E-state index contributed by atoms with van der Waals surface area (Å²) in [5.41, 5.74) is 0.485. The van der Waals surface area contributed by atoms with Gasteiger partial charge < -0.3 is 15.2 Å². The number of hydrogen-bond donors (Lipinski definition) is 2. The third-order valence-corrected chi connectivity index (χ3v) is 3.94. The van der Waals surface area contributed by atoms with Crippen LogP contribution in [0.1, 0.15) is 10.4 Å². The van der Waals surface area contributed by atoms with Gasteiger partial charge in [-0.15, -0.1) is 11.3 Å². The van der Waals surface area contributed by atoms with E-state index < -0.39 is 5.41 Å². The first-order chi connectivity index (χ1) is 7.68. The van der Waals surface area contributed by atoms with Gasteiger partial charge in [0, 0.05) is 4.88 Å². The van der Waals surface area contributed by atoms with E-state index in [0.29, 0.717) is 19.8 Å². The Hall–Kier alpha value is -0.910. The molecule has 1 aliphatic heterocycles. The fraction of sp³-hybridized carbons (Fsp3) is 0.545. The normalized spacial score (nSPS) is 17.9. The molecule has 1 aromatic rings. The first-order valence-corrected chi connectivity index (χ1v) is 6.06. The third-order valence-electron chi connectivity index (χ3n) is 2.92. The summed E-state index contributed by atoms with van der Waals surface area (Å²) in [6, 6.07) is 2.03. The molecule has 2 rings (SSSR count). The van der Waals surface area contributed by atoms with Crippen molar-refractivity contribution in [1.82, 2.24) is 5.32 Å². The molecular weight excluding hydrogens is 226 g/mol. The summed E-state index contributed by atoms with van der Waals surface area (Å²) in [7, 11) is 0. The van der Waals surface area contributed by atoms with E-state index in [4.69, 9.17) is 4.74 Å². The number of amides is 1. The summed E-state index contributed by atoms with van der Waals surface area (Å²) < 4.78 is 4.99. The number of aliphatic hydroxyl groups excluding tert-OH is 1. The van der Waals surface area contributed by atoms with Crippen molar-refractivity contribution in [2.24, 2.45) is 5.41 Å². The molecule has 88 valence electrons. The molecule has 1 aromatic heterocycles. The predicted octanol–water partition coefficient (Wildman–Crippen LogP) is 0.682. The van der Waals surface area contributed by atoms with Crippen LogP contribution < -0.4 is 5.32 Å². The van der Waals surface area contributed by atoms with E-state index in [1.807, 2.05) is 18.4 Å². The lowest BCUT2D eigenvalue weighted by atomic mass is 9.86. The molecular formula is C11H15NO3S. The Morgan fingerprint density at radius 3 is 2.88 bits per heavy atom. The summed E-state index contributed by atoms with van der Waals surface area (Å²) in [6.07, 6.45) is 0. The van der Waals surface area contributed by atoms with Crippen LogP contribution in [-0.4, -0.2) is 30.8 Å². The monoisotopic (exact) mass is 241 g/mol. The van der Waals surface area contributed by atoms with Crippen molar-refractivity contribution in [3.05, 3.63) is 21.9 Å². The Bertz CT molecular complexity index is 379. The third kappa shape index (κ3) is 1.98. The van der Waals surface area contributed by atoms with E-state index in [0.717, 1.165) is 4.88 Å². The zero-order chi connectivity index (χ0) is 11.6. The maximum atomic E-state index is 11.8. The molecule has 0 atom stereocenters. The SMILES string of the molecule is Cc1ccsc1CNC(=O)C1(CO)COC1. The molecule has 2 heterocycles. The Labute approximate surface area is 98.2 Å². The van der Waals surface area contributed by atoms with Gasteiger partial charge in [0.1, 0.15) is 5.41 Å². The van der Waals surface area contributed by atoms with Gasteiger partial charge in [-0.3, -0.25) is 4.79 Å². The van der Waals surface area contributed by atoms with Crippen molar-refractivity contribution in [1.29, 1.82) is 0 Å². The number of nitrogens with one attached hydrogen (secondary N) is 1. The molecule has 0 aliphatic carbocycles. The second-order valence-corrected chi connectivity index (χ2v) is 5.14. The van der Waals surface area contributed by atoms with Gasteiger partial charge >= 0.3 is 0 Å². The van der Waals surface area contributed by atoms with Crippen molar-refractivity contribution in [3.63, 3.8) is 0 Å². The van der Waals surface area contributed by atoms with Crippen LogP contribution in [0, 0.1) is 12.3 Å². The lowest BCUT2D eigenvalue weighted by Gasteiger charge is -2.37. The highest BCUT2D eigenvalue weighted by atomic mass is 32.1. The molecule has 2 N–H and O–H groups in total. The number of thiophene rings is 1. The van der Waals surface area contributed by atoms with E-state index in [2.05, 4.69) is 5.32 Å². The number of ether oxygens (including phenoxy) is 1. The van der Waals surface area contributed by atoms with Gasteiger partial charge in [-0.05, 0) is 23.9 Å². The smallest absolute Gasteiger partial charge is 0.233 e. The van der Waals surface area contributed by atoms with Gasteiger partial charge in [0.05, 0.1) is 26.4 Å². The molecule has 0 aromatic carbocycles. The Kier molecular flexibility index (Phi) is 3.28. The standard InChI is InChI=1S/C11H15NO3S/c1-8-2-3-16-9(8)4-12-10(14)11(5-13)6-15-7-11/h2-3,13H,4-7H2,1H3,(H,12,14). The van der Waals surface area contributed by atoms with Crippen molar-refractivity contribution in [2.45, 2.75) is 13.5 Å². The molecule has 0 spiro atoms. The van der Waals surface area contributed by atoms with Crippen LogP contribution in [0.25, 0.3) is 0 Å². The van der Waals surface area contributed by atoms with Gasteiger partial charge in [0.15, 0.2) is 0 Å². The zero-order valence-corrected chi connectivity index (χ0v) is 9.97. The molecule has 16 heavy (non-hydrogen) atoms. The number of hydrogen-bond acceptors (Lipinski definition) is 4. The van der Waals surface area contributed by atoms with E-state index in [1.165, 1.54) is 5.56 Å². The maximum Gasteiger partial charge on any atom is 0.233 e. The average molecular weight is 241 g/mol. The van der Waals surface area contributed by atoms with E-state index in [-0.39, 0.29) is 12.5 Å². The summed E-state index contributed by atoms with van der Waals surface area (Å²) in [6.45, 7) is 3.04. The molecule has 0 radical (unpaired) electrons. The van der Waals surface area contributed by atoms with E-state index in [9.17, 15) is 9.90 Å². The highest BCUT2D eigenvalue weighted by Crippen LogP contribution is 2.27. The second kappa shape index (κ2) is 4.53.